The van der Waals surface area contributed by atoms with E-state index >= 15 is 0 Å². The molecule has 0 amide bonds. The molecular formula is C23H38Cl2N2O3. The maximum atomic E-state index is 10.4. The molecule has 3 fully saturated rings. The van der Waals surface area contributed by atoms with Crippen molar-refractivity contribution >= 4 is 30.5 Å². The van der Waals surface area contributed by atoms with Crippen LogP contribution in [0.15, 0.2) is 24.3 Å². The summed E-state index contributed by atoms with van der Waals surface area (Å²) >= 11 is 0. The average molecular weight is 461 g/mol. The average Bonchev–Trinajstić information content (AvgIpc) is 3.35. The van der Waals surface area contributed by atoms with Crippen LogP contribution in [0.3, 0.4) is 0 Å². The van der Waals surface area contributed by atoms with Crippen LogP contribution < -0.4 is 9.64 Å². The highest BCUT2D eigenvalue weighted by atomic mass is 35.5. The van der Waals surface area contributed by atoms with E-state index in [2.05, 4.69) is 21.9 Å². The van der Waals surface area contributed by atoms with Gasteiger partial charge in [0, 0.05) is 39.3 Å². The van der Waals surface area contributed by atoms with Gasteiger partial charge in [0.25, 0.3) is 0 Å². The highest BCUT2D eigenvalue weighted by molar-refractivity contribution is 5.85. The first kappa shape index (κ1) is 25.5. The number of fused-ring (bicyclic) bond motifs is 2. The normalized spacial score (nSPS) is 26.7. The van der Waals surface area contributed by atoms with E-state index in [9.17, 15) is 5.11 Å². The molecule has 1 N–H and O–H groups in total. The number of β-amino-alcohol motifs (C(OH)–C–C–N with tert-alkyl or cyclic N) is 1. The van der Waals surface area contributed by atoms with Gasteiger partial charge in [-0.2, -0.15) is 0 Å². The molecule has 4 unspecified atom stereocenters. The van der Waals surface area contributed by atoms with Crippen molar-refractivity contribution in [3.63, 3.8) is 0 Å². The Labute approximate surface area is 193 Å². The first-order chi connectivity index (χ1) is 13.7. The summed E-state index contributed by atoms with van der Waals surface area (Å²) in [7, 11) is 1.72. The van der Waals surface area contributed by atoms with Gasteiger partial charge in [-0.15, -0.1) is 24.8 Å². The van der Waals surface area contributed by atoms with Crippen LogP contribution in [0.1, 0.15) is 32.1 Å². The number of aliphatic hydroxyl groups is 1. The van der Waals surface area contributed by atoms with Gasteiger partial charge in [0.15, 0.2) is 0 Å². The Hall–Kier alpha value is -0.720. The molecule has 7 heteroatoms. The zero-order valence-electron chi connectivity index (χ0n) is 18.1. The SMILES string of the molecule is COc1ccccc1N1CCN(CC(O)COCCC2CC3CCC2C3)CC1.Cl.Cl. The van der Waals surface area contributed by atoms with E-state index in [4.69, 9.17) is 9.47 Å². The summed E-state index contributed by atoms with van der Waals surface area (Å²) in [5, 5.41) is 10.4. The molecule has 0 spiro atoms. The summed E-state index contributed by atoms with van der Waals surface area (Å²) in [5.41, 5.74) is 1.16. The molecule has 1 heterocycles. The summed E-state index contributed by atoms with van der Waals surface area (Å²) in [4.78, 5) is 4.71. The van der Waals surface area contributed by atoms with Gasteiger partial charge in [0.1, 0.15) is 5.75 Å². The lowest BCUT2D eigenvalue weighted by atomic mass is 9.87. The molecule has 1 aromatic carbocycles. The molecular weight excluding hydrogens is 423 g/mol. The zero-order chi connectivity index (χ0) is 19.3. The molecule has 3 aliphatic rings. The van der Waals surface area contributed by atoms with E-state index in [0.717, 1.165) is 62.0 Å². The quantitative estimate of drug-likeness (QED) is 0.566. The number of methoxy groups -OCH3 is 1. The van der Waals surface area contributed by atoms with Crippen LogP contribution in [0.25, 0.3) is 0 Å². The van der Waals surface area contributed by atoms with Crippen LogP contribution in [0.5, 0.6) is 5.75 Å². The molecule has 5 nitrogen and oxygen atoms in total. The van der Waals surface area contributed by atoms with Crippen LogP contribution in [-0.4, -0.2) is 69.2 Å². The second-order valence-electron chi connectivity index (χ2n) is 8.91. The standard InChI is InChI=1S/C23H36N2O3.2ClH/c1-27-23-5-3-2-4-22(23)25-11-9-24(10-12-25)16-21(26)17-28-13-8-20-15-18-6-7-19(20)14-18;;/h2-5,18-21,26H,6-17H2,1H3;2*1H. The van der Waals surface area contributed by atoms with Gasteiger partial charge in [0.2, 0.25) is 0 Å². The number of anilines is 1. The molecule has 2 aliphatic carbocycles. The second kappa shape index (κ2) is 12.4. The van der Waals surface area contributed by atoms with Crippen LogP contribution in [0, 0.1) is 17.8 Å². The van der Waals surface area contributed by atoms with Crippen molar-refractivity contribution in [1.82, 2.24) is 4.90 Å². The molecule has 4 atom stereocenters. The number of para-hydroxylation sites is 2. The molecule has 0 radical (unpaired) electrons. The minimum absolute atomic E-state index is 0. The van der Waals surface area contributed by atoms with E-state index < -0.39 is 6.10 Å². The number of nitrogens with zero attached hydrogens (tertiary/aromatic N) is 2. The Morgan fingerprint density at radius 3 is 2.50 bits per heavy atom. The lowest BCUT2D eigenvalue weighted by Gasteiger charge is -2.37. The summed E-state index contributed by atoms with van der Waals surface area (Å²) in [6.45, 7) is 5.81. The molecule has 30 heavy (non-hydrogen) atoms. The van der Waals surface area contributed by atoms with Crippen molar-refractivity contribution in [2.24, 2.45) is 17.8 Å². The fourth-order valence-corrected chi connectivity index (χ4v) is 5.60. The van der Waals surface area contributed by atoms with E-state index in [1.54, 1.807) is 7.11 Å². The Balaban J connectivity index is 0.00000160. The number of aliphatic hydroxyl groups excluding tert-OH is 1. The number of ether oxygens (including phenoxy) is 2. The Kier molecular flexibility index (Phi) is 10.5. The zero-order valence-corrected chi connectivity index (χ0v) is 19.7. The van der Waals surface area contributed by atoms with Crippen LogP contribution >= 0.6 is 24.8 Å². The van der Waals surface area contributed by atoms with Crippen LogP contribution in [-0.2, 0) is 4.74 Å². The monoisotopic (exact) mass is 460 g/mol. The topological polar surface area (TPSA) is 45.2 Å². The number of hydrogen-bond acceptors (Lipinski definition) is 5. The van der Waals surface area contributed by atoms with Gasteiger partial charge in [-0.3, -0.25) is 4.90 Å². The van der Waals surface area contributed by atoms with Crippen molar-refractivity contribution in [1.29, 1.82) is 0 Å². The molecule has 4 rings (SSSR count). The fraction of sp³-hybridized carbons (Fsp3) is 0.739. The molecule has 172 valence electrons. The van der Waals surface area contributed by atoms with Gasteiger partial charge >= 0.3 is 0 Å². The molecule has 2 bridgehead atoms. The number of piperazine rings is 1. The smallest absolute Gasteiger partial charge is 0.142 e. The first-order valence-electron chi connectivity index (χ1n) is 11.1. The maximum Gasteiger partial charge on any atom is 0.142 e. The third-order valence-corrected chi connectivity index (χ3v) is 7.09. The number of benzene rings is 1. The minimum Gasteiger partial charge on any atom is -0.495 e. The number of hydrogen-bond donors (Lipinski definition) is 1. The van der Waals surface area contributed by atoms with Crippen molar-refractivity contribution < 1.29 is 14.6 Å². The molecule has 2 saturated carbocycles. The van der Waals surface area contributed by atoms with Crippen molar-refractivity contribution in [2.75, 3.05) is 57.9 Å². The number of rotatable bonds is 9. The van der Waals surface area contributed by atoms with Crippen molar-refractivity contribution in [3.05, 3.63) is 24.3 Å². The molecule has 0 aromatic heterocycles. The summed E-state index contributed by atoms with van der Waals surface area (Å²) in [6.07, 6.45) is 6.59. The van der Waals surface area contributed by atoms with Gasteiger partial charge in [-0.25, -0.2) is 0 Å². The lowest BCUT2D eigenvalue weighted by Crippen LogP contribution is -2.49. The van der Waals surface area contributed by atoms with Gasteiger partial charge < -0.3 is 19.5 Å². The minimum atomic E-state index is -0.391. The van der Waals surface area contributed by atoms with E-state index in [1.165, 1.54) is 32.1 Å². The third kappa shape index (κ3) is 6.39. The van der Waals surface area contributed by atoms with E-state index in [-0.39, 0.29) is 24.8 Å². The molecule has 1 aromatic rings. The summed E-state index contributed by atoms with van der Waals surface area (Å²) in [6, 6.07) is 8.20. The van der Waals surface area contributed by atoms with Crippen molar-refractivity contribution in [2.45, 2.75) is 38.2 Å². The predicted molar refractivity (Wildman–Crippen MR) is 127 cm³/mol. The van der Waals surface area contributed by atoms with Gasteiger partial charge in [-0.05, 0) is 55.6 Å². The Bertz CT molecular complexity index is 628. The summed E-state index contributed by atoms with van der Waals surface area (Å²) in [5.74, 6) is 3.80. The van der Waals surface area contributed by atoms with E-state index in [0.29, 0.717) is 13.2 Å². The van der Waals surface area contributed by atoms with Crippen molar-refractivity contribution in [3.8, 4) is 5.75 Å². The fourth-order valence-electron chi connectivity index (χ4n) is 5.60. The molecule has 1 saturated heterocycles. The summed E-state index contributed by atoms with van der Waals surface area (Å²) < 4.78 is 11.3. The van der Waals surface area contributed by atoms with Crippen LogP contribution in [0.2, 0.25) is 0 Å². The maximum absolute atomic E-state index is 10.4. The largest absolute Gasteiger partial charge is 0.495 e. The number of halogens is 2. The highest BCUT2D eigenvalue weighted by Crippen LogP contribution is 2.49. The third-order valence-electron chi connectivity index (χ3n) is 7.09. The van der Waals surface area contributed by atoms with Gasteiger partial charge in [0.05, 0.1) is 25.5 Å². The second-order valence-corrected chi connectivity index (χ2v) is 8.91. The Morgan fingerprint density at radius 2 is 1.83 bits per heavy atom. The predicted octanol–water partition coefficient (Wildman–Crippen LogP) is 3.86. The Morgan fingerprint density at radius 1 is 1.07 bits per heavy atom. The van der Waals surface area contributed by atoms with Crippen LogP contribution in [0.4, 0.5) is 5.69 Å². The first-order valence-corrected chi connectivity index (χ1v) is 11.1. The molecule has 1 aliphatic heterocycles. The highest BCUT2D eigenvalue weighted by Gasteiger charge is 2.38. The van der Waals surface area contributed by atoms with E-state index in [1.807, 2.05) is 12.1 Å². The van der Waals surface area contributed by atoms with Gasteiger partial charge in [-0.1, -0.05) is 18.6 Å². The lowest BCUT2D eigenvalue weighted by molar-refractivity contribution is 0.0100.